The van der Waals surface area contributed by atoms with Gasteiger partial charge >= 0.3 is 0 Å². The summed E-state index contributed by atoms with van der Waals surface area (Å²) in [5.41, 5.74) is 2.85. The van der Waals surface area contributed by atoms with Crippen LogP contribution in [0.5, 0.6) is 0 Å². The molecule has 1 aromatic carbocycles. The van der Waals surface area contributed by atoms with E-state index in [1.807, 2.05) is 0 Å². The molecule has 0 radical (unpaired) electrons. The van der Waals surface area contributed by atoms with Gasteiger partial charge in [0.25, 0.3) is 0 Å². The number of nitrogens with one attached hydrogen (secondary N) is 1. The van der Waals surface area contributed by atoms with Gasteiger partial charge in [-0.2, -0.15) is 11.8 Å². The average molecular weight is 296 g/mol. The van der Waals surface area contributed by atoms with Crippen LogP contribution in [0.2, 0.25) is 5.02 Å². The van der Waals surface area contributed by atoms with E-state index in [9.17, 15) is 0 Å². The van der Waals surface area contributed by atoms with Crippen molar-refractivity contribution in [1.82, 2.24) is 5.32 Å². The lowest BCUT2D eigenvalue weighted by Crippen LogP contribution is -2.33. The third kappa shape index (κ3) is 2.81. The van der Waals surface area contributed by atoms with E-state index >= 15 is 0 Å². The molecule has 0 amide bonds. The zero-order valence-electron chi connectivity index (χ0n) is 11.5. The highest BCUT2D eigenvalue weighted by Crippen LogP contribution is 2.38. The van der Waals surface area contributed by atoms with E-state index in [1.54, 1.807) is 0 Å². The van der Waals surface area contributed by atoms with E-state index < -0.39 is 0 Å². The zero-order valence-corrected chi connectivity index (χ0v) is 13.1. The Hall–Kier alpha value is -0.180. The van der Waals surface area contributed by atoms with Crippen molar-refractivity contribution in [1.29, 1.82) is 0 Å². The first-order chi connectivity index (χ1) is 9.19. The molecule has 19 heavy (non-hydrogen) atoms. The first-order valence-electron chi connectivity index (χ1n) is 7.32. The third-order valence-corrected chi connectivity index (χ3v) is 6.04. The van der Waals surface area contributed by atoms with Crippen LogP contribution < -0.4 is 5.32 Å². The van der Waals surface area contributed by atoms with E-state index in [2.05, 4.69) is 42.2 Å². The van der Waals surface area contributed by atoms with Crippen LogP contribution >= 0.6 is 23.4 Å². The van der Waals surface area contributed by atoms with Crippen LogP contribution in [0.25, 0.3) is 0 Å². The van der Waals surface area contributed by atoms with Crippen LogP contribution in [0.15, 0.2) is 18.2 Å². The first kappa shape index (κ1) is 13.8. The summed E-state index contributed by atoms with van der Waals surface area (Å²) in [6.45, 7) is 3.41. The lowest BCUT2D eigenvalue weighted by molar-refractivity contribution is 0.434. The lowest BCUT2D eigenvalue weighted by Gasteiger charge is -2.27. The summed E-state index contributed by atoms with van der Waals surface area (Å²) in [6, 6.07) is 6.78. The van der Waals surface area contributed by atoms with Crippen molar-refractivity contribution in [2.75, 3.05) is 18.1 Å². The molecule has 1 nitrogen and oxygen atoms in total. The maximum atomic E-state index is 6.57. The molecule has 2 aliphatic rings. The summed E-state index contributed by atoms with van der Waals surface area (Å²) in [5.74, 6) is 3.23. The molecule has 2 saturated heterocycles. The van der Waals surface area contributed by atoms with Gasteiger partial charge in [-0.25, -0.2) is 0 Å². The van der Waals surface area contributed by atoms with Crippen LogP contribution in [0.3, 0.4) is 0 Å². The fourth-order valence-corrected chi connectivity index (χ4v) is 4.79. The summed E-state index contributed by atoms with van der Waals surface area (Å²) >= 11 is 8.64. The second-order valence-corrected chi connectivity index (χ2v) is 7.62. The highest BCUT2D eigenvalue weighted by Gasteiger charge is 2.30. The largest absolute Gasteiger partial charge is 0.308 e. The topological polar surface area (TPSA) is 12.0 Å². The Bertz CT molecular complexity index is 448. The Labute approximate surface area is 125 Å². The molecule has 0 spiro atoms. The molecule has 0 aliphatic carbocycles. The Balaban J connectivity index is 1.85. The molecular weight excluding hydrogens is 274 g/mol. The molecule has 1 unspecified atom stereocenters. The number of hydrogen-bond acceptors (Lipinski definition) is 2. The molecule has 1 aromatic rings. The molecule has 1 N–H and O–H groups in total. The Morgan fingerprint density at radius 1 is 1.32 bits per heavy atom. The maximum Gasteiger partial charge on any atom is 0.0444 e. The molecule has 3 heteroatoms. The quantitative estimate of drug-likeness (QED) is 0.859. The van der Waals surface area contributed by atoms with E-state index in [0.29, 0.717) is 5.92 Å². The SMILES string of the molecule is CC1(c2ccc(C3CCSCC3)c(Cl)c2)CCCN1. The minimum atomic E-state index is 0.130. The van der Waals surface area contributed by atoms with Crippen LogP contribution in [-0.4, -0.2) is 18.1 Å². The summed E-state index contributed by atoms with van der Waals surface area (Å²) in [5, 5.41) is 4.59. The fraction of sp³-hybridized carbons (Fsp3) is 0.625. The van der Waals surface area contributed by atoms with Gasteiger partial charge in [-0.15, -0.1) is 0 Å². The van der Waals surface area contributed by atoms with E-state index in [0.717, 1.165) is 11.6 Å². The molecule has 0 bridgehead atoms. The fourth-order valence-electron chi connectivity index (χ4n) is 3.35. The van der Waals surface area contributed by atoms with Gasteiger partial charge in [0.15, 0.2) is 0 Å². The van der Waals surface area contributed by atoms with Gasteiger partial charge in [-0.05, 0) is 73.8 Å². The predicted octanol–water partition coefficient (Wildman–Crippen LogP) is 4.55. The summed E-state index contributed by atoms with van der Waals surface area (Å²) < 4.78 is 0. The number of hydrogen-bond donors (Lipinski definition) is 1. The second-order valence-electron chi connectivity index (χ2n) is 5.99. The standard InChI is InChI=1S/C16H22ClNS/c1-16(7-2-8-18-16)13-3-4-14(15(17)11-13)12-5-9-19-10-6-12/h3-4,11-12,18H,2,5-10H2,1H3. The predicted molar refractivity (Wildman–Crippen MR) is 85.3 cm³/mol. The van der Waals surface area contributed by atoms with Gasteiger partial charge in [0.05, 0.1) is 0 Å². The molecule has 3 rings (SSSR count). The number of thioether (sulfide) groups is 1. The van der Waals surface area contributed by atoms with Gasteiger partial charge in [-0.3, -0.25) is 0 Å². The Morgan fingerprint density at radius 2 is 2.11 bits per heavy atom. The minimum Gasteiger partial charge on any atom is -0.308 e. The normalized spacial score (nSPS) is 28.7. The first-order valence-corrected chi connectivity index (χ1v) is 8.85. The zero-order chi connectivity index (χ0) is 13.3. The van der Waals surface area contributed by atoms with E-state index in [-0.39, 0.29) is 5.54 Å². The molecule has 104 valence electrons. The summed E-state index contributed by atoms with van der Waals surface area (Å²) in [6.07, 6.45) is 5.02. The molecule has 2 heterocycles. The second kappa shape index (κ2) is 5.67. The third-order valence-electron chi connectivity index (χ3n) is 4.67. The Kier molecular flexibility index (Phi) is 4.11. The molecule has 0 saturated carbocycles. The van der Waals surface area contributed by atoms with E-state index in [1.165, 1.54) is 48.3 Å². The van der Waals surface area contributed by atoms with Crippen molar-refractivity contribution >= 4 is 23.4 Å². The van der Waals surface area contributed by atoms with Crippen molar-refractivity contribution in [3.05, 3.63) is 34.3 Å². The van der Waals surface area contributed by atoms with Gasteiger partial charge in [-0.1, -0.05) is 23.7 Å². The average Bonchev–Trinajstić information content (AvgIpc) is 2.88. The summed E-state index contributed by atoms with van der Waals surface area (Å²) in [7, 11) is 0. The molecule has 1 atom stereocenters. The van der Waals surface area contributed by atoms with E-state index in [4.69, 9.17) is 11.6 Å². The van der Waals surface area contributed by atoms with Crippen LogP contribution in [0.4, 0.5) is 0 Å². The smallest absolute Gasteiger partial charge is 0.0444 e. The van der Waals surface area contributed by atoms with Gasteiger partial charge < -0.3 is 5.32 Å². The number of halogens is 1. The van der Waals surface area contributed by atoms with Crippen molar-refractivity contribution in [2.45, 2.75) is 44.1 Å². The minimum absolute atomic E-state index is 0.130. The highest BCUT2D eigenvalue weighted by molar-refractivity contribution is 7.99. The molecule has 0 aromatic heterocycles. The van der Waals surface area contributed by atoms with Gasteiger partial charge in [0.2, 0.25) is 0 Å². The van der Waals surface area contributed by atoms with Gasteiger partial charge in [0.1, 0.15) is 0 Å². The van der Waals surface area contributed by atoms with Crippen molar-refractivity contribution in [2.24, 2.45) is 0 Å². The lowest BCUT2D eigenvalue weighted by atomic mass is 9.87. The molecular formula is C16H22ClNS. The van der Waals surface area contributed by atoms with Crippen LogP contribution in [0.1, 0.15) is 49.7 Å². The van der Waals surface area contributed by atoms with Crippen molar-refractivity contribution in [3.63, 3.8) is 0 Å². The summed E-state index contributed by atoms with van der Waals surface area (Å²) in [4.78, 5) is 0. The highest BCUT2D eigenvalue weighted by atomic mass is 35.5. The van der Waals surface area contributed by atoms with Gasteiger partial charge in [0, 0.05) is 10.6 Å². The molecule has 2 fully saturated rings. The van der Waals surface area contributed by atoms with Crippen molar-refractivity contribution < 1.29 is 0 Å². The Morgan fingerprint density at radius 3 is 2.74 bits per heavy atom. The number of benzene rings is 1. The molecule has 2 aliphatic heterocycles. The number of rotatable bonds is 2. The van der Waals surface area contributed by atoms with Crippen LogP contribution in [-0.2, 0) is 5.54 Å². The van der Waals surface area contributed by atoms with Crippen LogP contribution in [0, 0.1) is 0 Å². The monoisotopic (exact) mass is 295 g/mol. The maximum absolute atomic E-state index is 6.57. The van der Waals surface area contributed by atoms with Crippen molar-refractivity contribution in [3.8, 4) is 0 Å².